The maximum absolute atomic E-state index is 11.8. The summed E-state index contributed by atoms with van der Waals surface area (Å²) >= 11 is 5.97. The number of rotatable bonds is 5. The molecule has 2 N–H and O–H groups in total. The van der Waals surface area contributed by atoms with Crippen LogP contribution in [0.25, 0.3) is 0 Å². The Balaban J connectivity index is 2.58. The van der Waals surface area contributed by atoms with E-state index in [0.29, 0.717) is 10.7 Å². The molecule has 0 heterocycles. The Labute approximate surface area is 118 Å². The fraction of sp³-hybridized carbons (Fsp3) is 0.429. The van der Waals surface area contributed by atoms with Gasteiger partial charge in [-0.2, -0.15) is 5.26 Å². The molecule has 0 saturated carbocycles. The lowest BCUT2D eigenvalue weighted by molar-refractivity contribution is -0.121. The average Bonchev–Trinajstić information content (AvgIpc) is 2.37. The van der Waals surface area contributed by atoms with Gasteiger partial charge in [0.1, 0.15) is 5.54 Å². The number of nitrogens with one attached hydrogen (secondary N) is 2. The molecule has 0 saturated heterocycles. The third-order valence-corrected chi connectivity index (χ3v) is 3.43. The smallest absolute Gasteiger partial charge is 0.240 e. The maximum Gasteiger partial charge on any atom is 0.240 e. The molecule has 5 heteroatoms. The highest BCUT2D eigenvalue weighted by molar-refractivity contribution is 6.33. The molecule has 0 fully saturated rings. The van der Waals surface area contributed by atoms with Crippen LogP contribution in [0.3, 0.4) is 0 Å². The van der Waals surface area contributed by atoms with E-state index in [9.17, 15) is 4.79 Å². The highest BCUT2D eigenvalue weighted by atomic mass is 35.5. The molecule has 0 bridgehead atoms. The molecule has 4 nitrogen and oxygen atoms in total. The minimum Gasteiger partial charge on any atom is -0.375 e. The second-order valence-corrected chi connectivity index (χ2v) is 5.26. The van der Waals surface area contributed by atoms with Crippen LogP contribution in [-0.4, -0.2) is 18.0 Å². The fourth-order valence-corrected chi connectivity index (χ4v) is 1.62. The van der Waals surface area contributed by atoms with Crippen LogP contribution in [0.1, 0.15) is 20.8 Å². The molecule has 0 aliphatic heterocycles. The van der Waals surface area contributed by atoms with Gasteiger partial charge in [0, 0.05) is 0 Å². The Kier molecular flexibility index (Phi) is 5.20. The van der Waals surface area contributed by atoms with E-state index >= 15 is 0 Å². The summed E-state index contributed by atoms with van der Waals surface area (Å²) in [6.07, 6.45) is 0. The van der Waals surface area contributed by atoms with Crippen molar-refractivity contribution in [3.63, 3.8) is 0 Å². The first-order valence-electron chi connectivity index (χ1n) is 6.09. The lowest BCUT2D eigenvalue weighted by atomic mass is 9.90. The predicted molar refractivity (Wildman–Crippen MR) is 76.9 cm³/mol. The zero-order valence-corrected chi connectivity index (χ0v) is 12.1. The highest BCUT2D eigenvalue weighted by Gasteiger charge is 2.29. The number of carbonyl (C=O) groups is 1. The molecule has 1 aromatic rings. The summed E-state index contributed by atoms with van der Waals surface area (Å²) in [5.41, 5.74) is -0.165. The van der Waals surface area contributed by atoms with Gasteiger partial charge in [-0.3, -0.25) is 4.79 Å². The molecular weight excluding hydrogens is 262 g/mol. The lowest BCUT2D eigenvalue weighted by Gasteiger charge is -2.27. The van der Waals surface area contributed by atoms with Gasteiger partial charge >= 0.3 is 0 Å². The second-order valence-electron chi connectivity index (χ2n) is 4.85. The number of anilines is 1. The second kappa shape index (κ2) is 6.44. The standard InChI is InChI=1S/C14H18ClN3O/c1-10(2)14(3,9-16)18-13(19)8-17-12-7-5-4-6-11(12)15/h4-7,10,17H,8H2,1-3H3,(H,18,19)/t14-/m1/s1. The number of carbonyl (C=O) groups excluding carboxylic acids is 1. The molecule has 19 heavy (non-hydrogen) atoms. The minimum atomic E-state index is -0.862. The Morgan fingerprint density at radius 2 is 2.11 bits per heavy atom. The number of nitrogens with zero attached hydrogens (tertiary/aromatic N) is 1. The average molecular weight is 280 g/mol. The first-order chi connectivity index (χ1) is 8.89. The molecule has 1 amide bonds. The summed E-state index contributed by atoms with van der Waals surface area (Å²) < 4.78 is 0. The molecule has 0 radical (unpaired) electrons. The molecular formula is C14H18ClN3O. The monoisotopic (exact) mass is 279 g/mol. The van der Waals surface area contributed by atoms with E-state index in [1.54, 1.807) is 19.1 Å². The van der Waals surface area contributed by atoms with Crippen molar-refractivity contribution in [3.8, 4) is 6.07 Å². The van der Waals surface area contributed by atoms with Crippen molar-refractivity contribution in [3.05, 3.63) is 29.3 Å². The van der Waals surface area contributed by atoms with E-state index in [1.165, 1.54) is 0 Å². The van der Waals surface area contributed by atoms with Crippen LogP contribution in [0.4, 0.5) is 5.69 Å². The van der Waals surface area contributed by atoms with Gasteiger partial charge in [-0.15, -0.1) is 0 Å². The quantitative estimate of drug-likeness (QED) is 0.871. The van der Waals surface area contributed by atoms with Crippen molar-refractivity contribution in [2.45, 2.75) is 26.3 Å². The molecule has 0 aliphatic carbocycles. The van der Waals surface area contributed by atoms with Crippen LogP contribution in [-0.2, 0) is 4.79 Å². The molecule has 1 rings (SSSR count). The SMILES string of the molecule is CC(C)[C@@](C)(C#N)NC(=O)CNc1ccccc1Cl. The molecule has 1 aromatic carbocycles. The number of hydrogen-bond donors (Lipinski definition) is 2. The molecule has 0 spiro atoms. The maximum atomic E-state index is 11.8. The number of para-hydroxylation sites is 1. The molecule has 102 valence electrons. The summed E-state index contributed by atoms with van der Waals surface area (Å²) in [6.45, 7) is 5.58. The van der Waals surface area contributed by atoms with Gasteiger partial charge in [0.05, 0.1) is 23.3 Å². The van der Waals surface area contributed by atoms with E-state index < -0.39 is 5.54 Å². The van der Waals surface area contributed by atoms with Crippen LogP contribution in [0, 0.1) is 17.2 Å². The first kappa shape index (κ1) is 15.3. The number of amides is 1. The Morgan fingerprint density at radius 3 is 2.63 bits per heavy atom. The summed E-state index contributed by atoms with van der Waals surface area (Å²) in [7, 11) is 0. The predicted octanol–water partition coefficient (Wildman–Crippen LogP) is 2.81. The van der Waals surface area contributed by atoms with Crippen LogP contribution in [0.5, 0.6) is 0 Å². The highest BCUT2D eigenvalue weighted by Crippen LogP contribution is 2.20. The van der Waals surface area contributed by atoms with E-state index in [1.807, 2.05) is 26.0 Å². The van der Waals surface area contributed by atoms with Gasteiger partial charge < -0.3 is 10.6 Å². The third kappa shape index (κ3) is 4.15. The number of nitriles is 1. The first-order valence-corrected chi connectivity index (χ1v) is 6.47. The molecule has 0 aromatic heterocycles. The fourth-order valence-electron chi connectivity index (χ4n) is 1.42. The molecule has 0 aliphatic rings. The van der Waals surface area contributed by atoms with Gasteiger partial charge in [0.2, 0.25) is 5.91 Å². The minimum absolute atomic E-state index is 0.0294. The zero-order chi connectivity index (χ0) is 14.5. The largest absolute Gasteiger partial charge is 0.375 e. The van der Waals surface area contributed by atoms with Crippen LogP contribution in [0.15, 0.2) is 24.3 Å². The number of benzene rings is 1. The van der Waals surface area contributed by atoms with E-state index in [2.05, 4.69) is 16.7 Å². The van der Waals surface area contributed by atoms with E-state index in [-0.39, 0.29) is 18.4 Å². The number of hydrogen-bond acceptors (Lipinski definition) is 3. The Morgan fingerprint density at radius 1 is 1.47 bits per heavy atom. The molecule has 0 unspecified atom stereocenters. The van der Waals surface area contributed by atoms with Crippen molar-refractivity contribution in [1.82, 2.24) is 5.32 Å². The van der Waals surface area contributed by atoms with Gasteiger partial charge in [-0.05, 0) is 25.0 Å². The van der Waals surface area contributed by atoms with Crippen LogP contribution < -0.4 is 10.6 Å². The van der Waals surface area contributed by atoms with Crippen molar-refractivity contribution >= 4 is 23.2 Å². The van der Waals surface area contributed by atoms with Gasteiger partial charge in [0.15, 0.2) is 0 Å². The normalized spacial score (nSPS) is 13.5. The topological polar surface area (TPSA) is 64.9 Å². The van der Waals surface area contributed by atoms with E-state index in [0.717, 1.165) is 0 Å². The number of halogens is 1. The lowest BCUT2D eigenvalue weighted by Crippen LogP contribution is -2.50. The Bertz CT molecular complexity index is 496. The molecule has 1 atom stereocenters. The summed E-state index contributed by atoms with van der Waals surface area (Å²) in [5, 5.41) is 15.4. The summed E-state index contributed by atoms with van der Waals surface area (Å²) in [6, 6.07) is 9.32. The third-order valence-electron chi connectivity index (χ3n) is 3.10. The van der Waals surface area contributed by atoms with Crippen LogP contribution >= 0.6 is 11.6 Å². The van der Waals surface area contributed by atoms with E-state index in [4.69, 9.17) is 16.9 Å². The van der Waals surface area contributed by atoms with Gasteiger partial charge in [-0.1, -0.05) is 37.6 Å². The summed E-state index contributed by atoms with van der Waals surface area (Å²) in [4.78, 5) is 11.8. The van der Waals surface area contributed by atoms with Crippen LogP contribution in [0.2, 0.25) is 5.02 Å². The van der Waals surface area contributed by atoms with Gasteiger partial charge in [0.25, 0.3) is 0 Å². The summed E-state index contributed by atoms with van der Waals surface area (Å²) in [5.74, 6) is -0.209. The van der Waals surface area contributed by atoms with Crippen molar-refractivity contribution in [1.29, 1.82) is 5.26 Å². The van der Waals surface area contributed by atoms with Crippen molar-refractivity contribution in [2.75, 3.05) is 11.9 Å². The Hall–Kier alpha value is -1.73. The van der Waals surface area contributed by atoms with Gasteiger partial charge in [-0.25, -0.2) is 0 Å². The van der Waals surface area contributed by atoms with Crippen molar-refractivity contribution in [2.24, 2.45) is 5.92 Å². The van der Waals surface area contributed by atoms with Crippen molar-refractivity contribution < 1.29 is 4.79 Å². The zero-order valence-electron chi connectivity index (χ0n) is 11.3.